The van der Waals surface area contributed by atoms with E-state index in [4.69, 9.17) is 5.73 Å². The molecule has 0 fully saturated rings. The highest BCUT2D eigenvalue weighted by Gasteiger charge is 2.18. The van der Waals surface area contributed by atoms with Crippen molar-refractivity contribution in [2.45, 2.75) is 52.0 Å². The third kappa shape index (κ3) is 6.20. The molecule has 1 amide bonds. The molecule has 1 aromatic rings. The molecular weight excluding hydrogens is 248 g/mol. The first-order valence-electron chi connectivity index (χ1n) is 7.71. The van der Waals surface area contributed by atoms with Crippen molar-refractivity contribution in [2.24, 2.45) is 11.7 Å². The molecule has 0 spiro atoms. The first-order valence-corrected chi connectivity index (χ1v) is 7.71. The predicted molar refractivity (Wildman–Crippen MR) is 84.4 cm³/mol. The number of hydrogen-bond acceptors (Lipinski definition) is 2. The van der Waals surface area contributed by atoms with Crippen LogP contribution in [0.5, 0.6) is 0 Å². The number of hydrogen-bond donors (Lipinski definition) is 2. The summed E-state index contributed by atoms with van der Waals surface area (Å²) in [5.41, 5.74) is 6.92. The van der Waals surface area contributed by atoms with Gasteiger partial charge in [-0.2, -0.15) is 0 Å². The first kappa shape index (κ1) is 16.7. The lowest BCUT2D eigenvalue weighted by Gasteiger charge is -2.19. The lowest BCUT2D eigenvalue weighted by atomic mass is 9.98. The average Bonchev–Trinajstić information content (AvgIpc) is 2.46. The second-order valence-corrected chi connectivity index (χ2v) is 5.53. The van der Waals surface area contributed by atoms with Crippen LogP contribution in [0.4, 0.5) is 0 Å². The van der Waals surface area contributed by atoms with Gasteiger partial charge in [-0.25, -0.2) is 0 Å². The predicted octanol–water partition coefficient (Wildman–Crippen LogP) is 2.89. The highest BCUT2D eigenvalue weighted by molar-refractivity contribution is 5.79. The quantitative estimate of drug-likeness (QED) is 0.681. The van der Waals surface area contributed by atoms with Gasteiger partial charge in [-0.1, -0.05) is 56.5 Å². The molecule has 0 aliphatic rings. The van der Waals surface area contributed by atoms with Crippen LogP contribution >= 0.6 is 0 Å². The van der Waals surface area contributed by atoms with E-state index >= 15 is 0 Å². The number of carbonyl (C=O) groups excluding carboxylic acids is 1. The van der Waals surface area contributed by atoms with E-state index in [0.717, 1.165) is 12.0 Å². The SMILES string of the molecule is CCCCCC(C)NC(=O)C(CN)Cc1ccccc1. The summed E-state index contributed by atoms with van der Waals surface area (Å²) >= 11 is 0. The third-order valence-corrected chi connectivity index (χ3v) is 3.61. The zero-order valence-corrected chi connectivity index (χ0v) is 12.8. The fourth-order valence-electron chi connectivity index (χ4n) is 2.32. The van der Waals surface area contributed by atoms with Crippen LogP contribution in [0.2, 0.25) is 0 Å². The minimum Gasteiger partial charge on any atom is -0.353 e. The molecule has 0 aliphatic heterocycles. The summed E-state index contributed by atoms with van der Waals surface area (Å²) in [5.74, 6) is -0.0497. The third-order valence-electron chi connectivity index (χ3n) is 3.61. The van der Waals surface area contributed by atoms with Crippen LogP contribution in [0.25, 0.3) is 0 Å². The van der Waals surface area contributed by atoms with E-state index in [1.807, 2.05) is 30.3 Å². The standard InChI is InChI=1S/C17H28N2O/c1-3-4-6-9-14(2)19-17(20)16(13-18)12-15-10-7-5-8-11-15/h5,7-8,10-11,14,16H,3-4,6,9,12-13,18H2,1-2H3,(H,19,20). The maximum atomic E-state index is 12.2. The molecule has 0 saturated heterocycles. The van der Waals surface area contributed by atoms with E-state index < -0.39 is 0 Å². The van der Waals surface area contributed by atoms with E-state index in [1.165, 1.54) is 19.3 Å². The first-order chi connectivity index (χ1) is 9.67. The van der Waals surface area contributed by atoms with Crippen LogP contribution in [0, 0.1) is 5.92 Å². The van der Waals surface area contributed by atoms with Crippen LogP contribution < -0.4 is 11.1 Å². The van der Waals surface area contributed by atoms with Gasteiger partial charge in [-0.3, -0.25) is 4.79 Å². The van der Waals surface area contributed by atoms with Gasteiger partial charge in [0.05, 0.1) is 5.92 Å². The van der Waals surface area contributed by atoms with Crippen molar-refractivity contribution in [2.75, 3.05) is 6.54 Å². The molecule has 3 N–H and O–H groups in total. The lowest BCUT2D eigenvalue weighted by Crippen LogP contribution is -2.40. The molecule has 0 heterocycles. The van der Waals surface area contributed by atoms with Crippen molar-refractivity contribution in [1.29, 1.82) is 0 Å². The summed E-state index contributed by atoms with van der Waals surface area (Å²) in [6, 6.07) is 10.3. The summed E-state index contributed by atoms with van der Waals surface area (Å²) in [6.07, 6.45) is 5.36. The van der Waals surface area contributed by atoms with Gasteiger partial charge in [0.25, 0.3) is 0 Å². The summed E-state index contributed by atoms with van der Waals surface area (Å²) in [4.78, 5) is 12.2. The Labute approximate surface area is 122 Å². The Morgan fingerprint density at radius 1 is 1.25 bits per heavy atom. The molecule has 0 bridgehead atoms. The van der Waals surface area contributed by atoms with Crippen LogP contribution in [0.3, 0.4) is 0 Å². The number of nitrogens with two attached hydrogens (primary N) is 1. The molecule has 0 radical (unpaired) electrons. The van der Waals surface area contributed by atoms with E-state index in [0.29, 0.717) is 13.0 Å². The van der Waals surface area contributed by atoms with Gasteiger partial charge < -0.3 is 11.1 Å². The average molecular weight is 276 g/mol. The van der Waals surface area contributed by atoms with Crippen molar-refractivity contribution in [3.63, 3.8) is 0 Å². The molecule has 2 unspecified atom stereocenters. The molecule has 1 rings (SSSR count). The zero-order chi connectivity index (χ0) is 14.8. The van der Waals surface area contributed by atoms with E-state index in [1.54, 1.807) is 0 Å². The highest BCUT2D eigenvalue weighted by atomic mass is 16.1. The Balaban J connectivity index is 2.42. The van der Waals surface area contributed by atoms with Gasteiger partial charge in [-0.05, 0) is 25.3 Å². The molecule has 112 valence electrons. The minimum absolute atomic E-state index is 0.0837. The molecule has 3 nitrogen and oxygen atoms in total. The van der Waals surface area contributed by atoms with Crippen LogP contribution in [-0.2, 0) is 11.2 Å². The van der Waals surface area contributed by atoms with E-state index in [-0.39, 0.29) is 17.9 Å². The molecule has 3 heteroatoms. The molecule has 0 saturated carbocycles. The Bertz CT molecular complexity index is 378. The highest BCUT2D eigenvalue weighted by Crippen LogP contribution is 2.09. The maximum absolute atomic E-state index is 12.2. The minimum atomic E-state index is -0.133. The van der Waals surface area contributed by atoms with Gasteiger partial charge in [-0.15, -0.1) is 0 Å². The van der Waals surface area contributed by atoms with Gasteiger partial charge in [0.1, 0.15) is 0 Å². The largest absolute Gasteiger partial charge is 0.353 e. The summed E-state index contributed by atoms with van der Waals surface area (Å²) in [6.45, 7) is 4.65. The smallest absolute Gasteiger partial charge is 0.224 e. The Kier molecular flexibility index (Phi) is 7.97. The molecule has 0 aliphatic carbocycles. The van der Waals surface area contributed by atoms with Crippen molar-refractivity contribution < 1.29 is 4.79 Å². The molecular formula is C17H28N2O. The Morgan fingerprint density at radius 3 is 2.55 bits per heavy atom. The van der Waals surface area contributed by atoms with Crippen LogP contribution in [0.1, 0.15) is 45.1 Å². The van der Waals surface area contributed by atoms with Gasteiger partial charge in [0, 0.05) is 12.6 Å². The fraction of sp³-hybridized carbons (Fsp3) is 0.588. The normalized spacial score (nSPS) is 13.8. The summed E-state index contributed by atoms with van der Waals surface area (Å²) in [7, 11) is 0. The number of nitrogens with one attached hydrogen (secondary N) is 1. The summed E-state index contributed by atoms with van der Waals surface area (Å²) < 4.78 is 0. The Hall–Kier alpha value is -1.35. The number of rotatable bonds is 9. The van der Waals surface area contributed by atoms with Crippen molar-refractivity contribution in [1.82, 2.24) is 5.32 Å². The van der Waals surface area contributed by atoms with Gasteiger partial charge in [0.2, 0.25) is 5.91 Å². The molecule has 2 atom stereocenters. The zero-order valence-electron chi connectivity index (χ0n) is 12.8. The van der Waals surface area contributed by atoms with Gasteiger partial charge in [0.15, 0.2) is 0 Å². The summed E-state index contributed by atoms with van der Waals surface area (Å²) in [5, 5.41) is 3.09. The number of amides is 1. The fourth-order valence-corrected chi connectivity index (χ4v) is 2.32. The van der Waals surface area contributed by atoms with Crippen molar-refractivity contribution >= 4 is 5.91 Å². The maximum Gasteiger partial charge on any atom is 0.224 e. The van der Waals surface area contributed by atoms with E-state index in [2.05, 4.69) is 19.2 Å². The number of benzene rings is 1. The second-order valence-electron chi connectivity index (χ2n) is 5.53. The molecule has 0 aromatic heterocycles. The molecule has 1 aromatic carbocycles. The number of unbranched alkanes of at least 4 members (excludes halogenated alkanes) is 2. The van der Waals surface area contributed by atoms with Gasteiger partial charge >= 0.3 is 0 Å². The molecule has 20 heavy (non-hydrogen) atoms. The monoisotopic (exact) mass is 276 g/mol. The Morgan fingerprint density at radius 2 is 1.95 bits per heavy atom. The van der Waals surface area contributed by atoms with Crippen LogP contribution in [0.15, 0.2) is 30.3 Å². The number of carbonyl (C=O) groups is 1. The van der Waals surface area contributed by atoms with Crippen LogP contribution in [-0.4, -0.2) is 18.5 Å². The lowest BCUT2D eigenvalue weighted by molar-refractivity contribution is -0.125. The topological polar surface area (TPSA) is 55.1 Å². The van der Waals surface area contributed by atoms with Crippen molar-refractivity contribution in [3.05, 3.63) is 35.9 Å². The van der Waals surface area contributed by atoms with Crippen molar-refractivity contribution in [3.8, 4) is 0 Å². The second kappa shape index (κ2) is 9.54. The van der Waals surface area contributed by atoms with E-state index in [9.17, 15) is 4.79 Å².